The van der Waals surface area contributed by atoms with Gasteiger partial charge in [-0.2, -0.15) is 0 Å². The molecule has 0 saturated heterocycles. The van der Waals surface area contributed by atoms with Gasteiger partial charge in [-0.05, 0) is 24.5 Å². The summed E-state index contributed by atoms with van der Waals surface area (Å²) in [5, 5.41) is 5.91. The highest BCUT2D eigenvalue weighted by Gasteiger charge is 2.16. The van der Waals surface area contributed by atoms with Gasteiger partial charge < -0.3 is 10.6 Å². The fourth-order valence-electron chi connectivity index (χ4n) is 1.99. The topological polar surface area (TPSA) is 54.0 Å². The van der Waals surface area contributed by atoms with Crippen LogP contribution in [-0.4, -0.2) is 24.5 Å². The van der Waals surface area contributed by atoms with Gasteiger partial charge in [0.1, 0.15) is 5.69 Å². The van der Waals surface area contributed by atoms with Gasteiger partial charge in [-0.15, -0.1) is 0 Å². The van der Waals surface area contributed by atoms with Gasteiger partial charge >= 0.3 is 0 Å². The number of anilines is 1. The molecule has 0 aliphatic heterocycles. The number of rotatable bonds is 5. The van der Waals surface area contributed by atoms with Crippen molar-refractivity contribution in [2.75, 3.05) is 18.9 Å². The molecule has 4 nitrogen and oxygen atoms in total. The van der Waals surface area contributed by atoms with Gasteiger partial charge in [0.15, 0.2) is 0 Å². The highest BCUT2D eigenvalue weighted by Crippen LogP contribution is 2.29. The summed E-state index contributed by atoms with van der Waals surface area (Å²) in [5.41, 5.74) is 1.43. The maximum absolute atomic E-state index is 11.4. The molecule has 0 bridgehead atoms. The van der Waals surface area contributed by atoms with E-state index >= 15 is 0 Å². The molecule has 1 saturated carbocycles. The lowest BCUT2D eigenvalue weighted by Gasteiger charge is -2.25. The summed E-state index contributed by atoms with van der Waals surface area (Å²) in [6.45, 7) is 0.974. The van der Waals surface area contributed by atoms with Crippen LogP contribution in [0.2, 0.25) is 0 Å². The first kappa shape index (κ1) is 11.9. The fourth-order valence-corrected chi connectivity index (χ4v) is 1.99. The maximum Gasteiger partial charge on any atom is 0.269 e. The molecule has 92 valence electrons. The van der Waals surface area contributed by atoms with Crippen LogP contribution in [0.25, 0.3) is 0 Å². The lowest BCUT2D eigenvalue weighted by molar-refractivity contribution is 0.0958. The number of amides is 1. The van der Waals surface area contributed by atoms with E-state index in [1.807, 2.05) is 6.07 Å². The zero-order valence-corrected chi connectivity index (χ0v) is 10.2. The second kappa shape index (κ2) is 5.66. The third kappa shape index (κ3) is 3.19. The van der Waals surface area contributed by atoms with Crippen LogP contribution in [0.15, 0.2) is 18.3 Å². The monoisotopic (exact) mass is 233 g/mol. The van der Waals surface area contributed by atoms with Crippen LogP contribution < -0.4 is 10.6 Å². The summed E-state index contributed by atoms with van der Waals surface area (Å²) >= 11 is 0. The zero-order chi connectivity index (χ0) is 12.1. The second-order valence-electron chi connectivity index (χ2n) is 4.52. The van der Waals surface area contributed by atoms with Crippen molar-refractivity contribution in [1.82, 2.24) is 10.3 Å². The Morgan fingerprint density at radius 2 is 2.35 bits per heavy atom. The van der Waals surface area contributed by atoms with Gasteiger partial charge in [0.05, 0.1) is 0 Å². The summed E-state index contributed by atoms with van der Waals surface area (Å²) in [7, 11) is 1.61. The van der Waals surface area contributed by atoms with Crippen LogP contribution in [0, 0.1) is 5.92 Å². The Morgan fingerprint density at radius 1 is 1.53 bits per heavy atom. The van der Waals surface area contributed by atoms with Crippen LogP contribution in [0.5, 0.6) is 0 Å². The SMILES string of the molecule is CNC(=O)c1cc(NCCC2CCC2)ccn1. The molecule has 2 rings (SSSR count). The molecule has 1 aliphatic carbocycles. The van der Waals surface area contributed by atoms with Crippen molar-refractivity contribution in [3.8, 4) is 0 Å². The standard InChI is InChI=1S/C13H19N3O/c1-14-13(17)12-9-11(6-8-16-12)15-7-5-10-3-2-4-10/h6,8-10H,2-5,7H2,1H3,(H,14,17)(H,15,16). The number of aromatic nitrogens is 1. The van der Waals surface area contributed by atoms with Gasteiger partial charge in [-0.1, -0.05) is 19.3 Å². The van der Waals surface area contributed by atoms with Gasteiger partial charge in [-0.3, -0.25) is 9.78 Å². The van der Waals surface area contributed by atoms with E-state index < -0.39 is 0 Å². The van der Waals surface area contributed by atoms with Crippen LogP contribution in [0.4, 0.5) is 5.69 Å². The Kier molecular flexibility index (Phi) is 3.96. The summed E-state index contributed by atoms with van der Waals surface area (Å²) in [5.74, 6) is 0.760. The molecule has 1 fully saturated rings. The fraction of sp³-hybridized carbons (Fsp3) is 0.538. The molecular formula is C13H19N3O. The smallest absolute Gasteiger partial charge is 0.269 e. The largest absolute Gasteiger partial charge is 0.385 e. The number of hydrogen-bond acceptors (Lipinski definition) is 3. The minimum absolute atomic E-state index is 0.146. The quantitative estimate of drug-likeness (QED) is 0.818. The lowest BCUT2D eigenvalue weighted by atomic mass is 9.83. The summed E-state index contributed by atoms with van der Waals surface area (Å²) in [6.07, 6.45) is 7.03. The van der Waals surface area contributed by atoms with Crippen LogP contribution in [0.3, 0.4) is 0 Å². The average Bonchev–Trinajstić information content (AvgIpc) is 2.32. The molecule has 0 atom stereocenters. The summed E-state index contributed by atoms with van der Waals surface area (Å²) in [6, 6.07) is 3.69. The minimum Gasteiger partial charge on any atom is -0.385 e. The van der Waals surface area contributed by atoms with Crippen molar-refractivity contribution in [3.05, 3.63) is 24.0 Å². The molecule has 0 aromatic carbocycles. The lowest BCUT2D eigenvalue weighted by Crippen LogP contribution is -2.19. The molecule has 1 amide bonds. The van der Waals surface area contributed by atoms with Crippen molar-refractivity contribution in [3.63, 3.8) is 0 Å². The number of nitrogens with one attached hydrogen (secondary N) is 2. The van der Waals surface area contributed by atoms with E-state index in [0.717, 1.165) is 18.2 Å². The Hall–Kier alpha value is -1.58. The molecule has 1 aliphatic rings. The van der Waals surface area contributed by atoms with Crippen molar-refractivity contribution in [1.29, 1.82) is 0 Å². The van der Waals surface area contributed by atoms with Crippen LogP contribution >= 0.6 is 0 Å². The van der Waals surface area contributed by atoms with Gasteiger partial charge in [0, 0.05) is 25.5 Å². The average molecular weight is 233 g/mol. The van der Waals surface area contributed by atoms with E-state index in [2.05, 4.69) is 15.6 Å². The van der Waals surface area contributed by atoms with E-state index in [-0.39, 0.29) is 5.91 Å². The molecule has 1 aromatic rings. The highest BCUT2D eigenvalue weighted by atomic mass is 16.1. The van der Waals surface area contributed by atoms with Crippen LogP contribution in [-0.2, 0) is 0 Å². The Bertz CT molecular complexity index is 388. The third-order valence-electron chi connectivity index (χ3n) is 3.33. The second-order valence-corrected chi connectivity index (χ2v) is 4.52. The molecule has 1 aromatic heterocycles. The van der Waals surface area contributed by atoms with Gasteiger partial charge in [0.25, 0.3) is 5.91 Å². The third-order valence-corrected chi connectivity index (χ3v) is 3.33. The van der Waals surface area contributed by atoms with E-state index in [4.69, 9.17) is 0 Å². The number of hydrogen-bond donors (Lipinski definition) is 2. The molecule has 2 N–H and O–H groups in total. The minimum atomic E-state index is -0.146. The first-order valence-electron chi connectivity index (χ1n) is 6.21. The summed E-state index contributed by atoms with van der Waals surface area (Å²) < 4.78 is 0. The Morgan fingerprint density at radius 3 is 3.00 bits per heavy atom. The molecule has 0 radical (unpaired) electrons. The highest BCUT2D eigenvalue weighted by molar-refractivity contribution is 5.92. The normalized spacial score (nSPS) is 15.1. The first-order chi connectivity index (χ1) is 8.29. The molecular weight excluding hydrogens is 214 g/mol. The van der Waals surface area contributed by atoms with Gasteiger partial charge in [-0.25, -0.2) is 0 Å². The predicted molar refractivity (Wildman–Crippen MR) is 68.1 cm³/mol. The molecule has 4 heteroatoms. The van der Waals surface area contributed by atoms with Crippen molar-refractivity contribution >= 4 is 11.6 Å². The molecule has 1 heterocycles. The molecule has 0 unspecified atom stereocenters. The van der Waals surface area contributed by atoms with E-state index in [9.17, 15) is 4.79 Å². The van der Waals surface area contributed by atoms with Crippen LogP contribution in [0.1, 0.15) is 36.2 Å². The summed E-state index contributed by atoms with van der Waals surface area (Å²) in [4.78, 5) is 15.4. The van der Waals surface area contributed by atoms with Crippen molar-refractivity contribution in [2.45, 2.75) is 25.7 Å². The molecule has 17 heavy (non-hydrogen) atoms. The number of nitrogens with zero attached hydrogens (tertiary/aromatic N) is 1. The number of pyridine rings is 1. The predicted octanol–water partition coefficient (Wildman–Crippen LogP) is 2.04. The Labute approximate surface area is 102 Å². The van der Waals surface area contributed by atoms with E-state index in [1.54, 1.807) is 19.3 Å². The van der Waals surface area contributed by atoms with Crippen molar-refractivity contribution in [2.24, 2.45) is 5.92 Å². The van der Waals surface area contributed by atoms with E-state index in [0.29, 0.717) is 5.69 Å². The first-order valence-corrected chi connectivity index (χ1v) is 6.21. The maximum atomic E-state index is 11.4. The Balaban J connectivity index is 1.84. The zero-order valence-electron chi connectivity index (χ0n) is 10.2. The van der Waals surface area contributed by atoms with Gasteiger partial charge in [0.2, 0.25) is 0 Å². The van der Waals surface area contributed by atoms with E-state index in [1.165, 1.54) is 25.7 Å². The number of carbonyl (C=O) groups is 1. The van der Waals surface area contributed by atoms with Crippen molar-refractivity contribution < 1.29 is 4.79 Å². The molecule has 0 spiro atoms. The number of carbonyl (C=O) groups excluding carboxylic acids is 1.